The lowest BCUT2D eigenvalue weighted by molar-refractivity contribution is -0.121. The van der Waals surface area contributed by atoms with E-state index in [0.717, 1.165) is 0 Å². The standard InChI is InChI=1S/C14H16Cl3N3O3S/c1-3-10(21)19-12(14(15,16)17)20-13(24)18-9-7-5-4-6-8(9)11(22)23-2/h4-7,12H,3H2,1-2H3,(H,19,21)(H2,18,20,24)/t12-/m0/s1. The number of amides is 1. The van der Waals surface area contributed by atoms with Crippen LogP contribution in [0.2, 0.25) is 0 Å². The molecule has 0 aliphatic carbocycles. The number of hydrogen-bond donors (Lipinski definition) is 3. The molecule has 0 radical (unpaired) electrons. The molecule has 1 amide bonds. The van der Waals surface area contributed by atoms with Gasteiger partial charge in [0.2, 0.25) is 9.70 Å². The van der Waals surface area contributed by atoms with Crippen LogP contribution in [0.4, 0.5) is 5.69 Å². The van der Waals surface area contributed by atoms with Gasteiger partial charge in [0.15, 0.2) is 5.11 Å². The summed E-state index contributed by atoms with van der Waals surface area (Å²) in [6.07, 6.45) is -0.843. The Balaban J connectivity index is 2.87. The van der Waals surface area contributed by atoms with Crippen molar-refractivity contribution in [1.82, 2.24) is 10.6 Å². The predicted octanol–water partition coefficient (Wildman–Crippen LogP) is 2.98. The average Bonchev–Trinajstić information content (AvgIpc) is 2.52. The summed E-state index contributed by atoms with van der Waals surface area (Å²) < 4.78 is 2.86. The lowest BCUT2D eigenvalue weighted by Gasteiger charge is -2.27. The van der Waals surface area contributed by atoms with Crippen LogP contribution >= 0.6 is 47.0 Å². The van der Waals surface area contributed by atoms with E-state index in [-0.39, 0.29) is 23.0 Å². The first-order valence-corrected chi connectivity index (χ1v) is 8.34. The molecule has 3 N–H and O–H groups in total. The summed E-state index contributed by atoms with van der Waals surface area (Å²) in [6.45, 7) is 1.66. The molecule has 1 rings (SSSR count). The Morgan fingerprint density at radius 2 is 1.88 bits per heavy atom. The molecule has 10 heteroatoms. The van der Waals surface area contributed by atoms with Crippen LogP contribution in [0.25, 0.3) is 0 Å². The second-order valence-corrected chi connectivity index (χ2v) is 7.31. The molecule has 0 saturated carbocycles. The number of esters is 1. The van der Waals surface area contributed by atoms with Gasteiger partial charge in [-0.25, -0.2) is 4.79 Å². The fourth-order valence-corrected chi connectivity index (χ4v) is 2.19. The van der Waals surface area contributed by atoms with E-state index in [9.17, 15) is 9.59 Å². The number of carbonyl (C=O) groups excluding carboxylic acids is 2. The highest BCUT2D eigenvalue weighted by Gasteiger charge is 2.34. The number of halogens is 3. The van der Waals surface area contributed by atoms with Crippen LogP contribution in [0.15, 0.2) is 24.3 Å². The highest BCUT2D eigenvalue weighted by molar-refractivity contribution is 7.80. The van der Waals surface area contributed by atoms with Crippen LogP contribution in [0.5, 0.6) is 0 Å². The van der Waals surface area contributed by atoms with Crippen LogP contribution in [0.1, 0.15) is 23.7 Å². The molecule has 24 heavy (non-hydrogen) atoms. The van der Waals surface area contributed by atoms with Crippen molar-refractivity contribution in [2.75, 3.05) is 12.4 Å². The molecule has 0 bridgehead atoms. The number of alkyl halides is 3. The predicted molar refractivity (Wildman–Crippen MR) is 99.6 cm³/mol. The van der Waals surface area contributed by atoms with Crippen molar-refractivity contribution >= 4 is 69.7 Å². The van der Waals surface area contributed by atoms with Gasteiger partial charge < -0.3 is 20.7 Å². The number of thiocarbonyl (C=S) groups is 1. The Kier molecular flexibility index (Phi) is 8.02. The fourth-order valence-electron chi connectivity index (χ4n) is 1.63. The number of hydrogen-bond acceptors (Lipinski definition) is 4. The maximum Gasteiger partial charge on any atom is 0.339 e. The molecule has 0 fully saturated rings. The monoisotopic (exact) mass is 411 g/mol. The zero-order valence-corrected chi connectivity index (χ0v) is 15.9. The van der Waals surface area contributed by atoms with Crippen molar-refractivity contribution in [3.05, 3.63) is 29.8 Å². The largest absolute Gasteiger partial charge is 0.465 e. The van der Waals surface area contributed by atoms with E-state index in [4.69, 9.17) is 51.8 Å². The minimum atomic E-state index is -1.83. The summed E-state index contributed by atoms with van der Waals surface area (Å²) in [5.41, 5.74) is 0.693. The first-order chi connectivity index (χ1) is 11.2. The third-order valence-corrected chi connectivity index (χ3v) is 3.68. The minimum Gasteiger partial charge on any atom is -0.465 e. The van der Waals surface area contributed by atoms with Gasteiger partial charge in [0.05, 0.1) is 18.4 Å². The average molecular weight is 413 g/mol. The van der Waals surface area contributed by atoms with Gasteiger partial charge in [0, 0.05) is 6.42 Å². The SMILES string of the molecule is CCC(=O)N[C@@H](NC(=S)Nc1ccccc1C(=O)OC)C(Cl)(Cl)Cl. The Bertz CT molecular complexity index is 623. The van der Waals surface area contributed by atoms with Crippen LogP contribution in [0.3, 0.4) is 0 Å². The number of anilines is 1. The maximum atomic E-state index is 11.7. The van der Waals surface area contributed by atoms with E-state index in [2.05, 4.69) is 16.0 Å². The third-order valence-electron chi connectivity index (χ3n) is 2.81. The quantitative estimate of drug-likeness (QED) is 0.299. The van der Waals surface area contributed by atoms with Crippen molar-refractivity contribution in [3.63, 3.8) is 0 Å². The lowest BCUT2D eigenvalue weighted by atomic mass is 10.2. The molecule has 6 nitrogen and oxygen atoms in total. The van der Waals surface area contributed by atoms with E-state index >= 15 is 0 Å². The minimum absolute atomic E-state index is 0.0547. The van der Waals surface area contributed by atoms with Crippen LogP contribution in [0, 0.1) is 0 Å². The van der Waals surface area contributed by atoms with E-state index in [1.807, 2.05) is 0 Å². The highest BCUT2D eigenvalue weighted by Crippen LogP contribution is 2.29. The normalized spacial score (nSPS) is 12.0. The Hall–Kier alpha value is -1.28. The Labute approximate surface area is 160 Å². The highest BCUT2D eigenvalue weighted by atomic mass is 35.6. The number of para-hydroxylation sites is 1. The summed E-state index contributed by atoms with van der Waals surface area (Å²) in [6, 6.07) is 6.60. The summed E-state index contributed by atoms with van der Waals surface area (Å²) in [5.74, 6) is -0.852. The topological polar surface area (TPSA) is 79.5 Å². The third kappa shape index (κ3) is 6.32. The van der Waals surface area contributed by atoms with Gasteiger partial charge in [-0.2, -0.15) is 0 Å². The van der Waals surface area contributed by atoms with Crippen molar-refractivity contribution in [2.45, 2.75) is 23.3 Å². The molecule has 0 aromatic heterocycles. The van der Waals surface area contributed by atoms with Gasteiger partial charge in [-0.3, -0.25) is 4.79 Å². The van der Waals surface area contributed by atoms with Gasteiger partial charge in [-0.15, -0.1) is 0 Å². The molecule has 1 aromatic rings. The molecule has 0 saturated heterocycles. The van der Waals surface area contributed by atoms with Crippen molar-refractivity contribution in [1.29, 1.82) is 0 Å². The van der Waals surface area contributed by atoms with Crippen LogP contribution in [-0.2, 0) is 9.53 Å². The fraction of sp³-hybridized carbons (Fsp3) is 0.357. The summed E-state index contributed by atoms with van der Waals surface area (Å²) in [5, 5.41) is 8.07. The van der Waals surface area contributed by atoms with Gasteiger partial charge in [0.1, 0.15) is 6.17 Å². The zero-order chi connectivity index (χ0) is 18.3. The van der Waals surface area contributed by atoms with Crippen LogP contribution in [-0.4, -0.2) is 34.1 Å². The molecule has 0 aliphatic heterocycles. The molecule has 132 valence electrons. The molecule has 0 spiro atoms. The first-order valence-electron chi connectivity index (χ1n) is 6.80. The molecule has 0 unspecified atom stereocenters. The smallest absolute Gasteiger partial charge is 0.339 e. The molecular weight excluding hydrogens is 397 g/mol. The van der Waals surface area contributed by atoms with E-state index in [0.29, 0.717) is 5.69 Å². The second kappa shape index (κ2) is 9.27. The number of methoxy groups -OCH3 is 1. The van der Waals surface area contributed by atoms with Crippen LogP contribution < -0.4 is 16.0 Å². The second-order valence-electron chi connectivity index (χ2n) is 4.53. The lowest BCUT2D eigenvalue weighted by Crippen LogP contribution is -2.56. The Morgan fingerprint density at radius 1 is 1.25 bits per heavy atom. The Morgan fingerprint density at radius 3 is 2.42 bits per heavy atom. The zero-order valence-electron chi connectivity index (χ0n) is 12.9. The van der Waals surface area contributed by atoms with Crippen molar-refractivity contribution < 1.29 is 14.3 Å². The molecular formula is C14H16Cl3N3O3S. The summed E-state index contributed by atoms with van der Waals surface area (Å²) in [4.78, 5) is 23.3. The summed E-state index contributed by atoms with van der Waals surface area (Å²) in [7, 11) is 1.27. The first kappa shape index (κ1) is 20.8. The number of rotatable bonds is 5. The van der Waals surface area contributed by atoms with E-state index in [1.54, 1.807) is 31.2 Å². The number of benzene rings is 1. The van der Waals surface area contributed by atoms with E-state index in [1.165, 1.54) is 7.11 Å². The number of nitrogens with one attached hydrogen (secondary N) is 3. The molecule has 0 aliphatic rings. The van der Waals surface area contributed by atoms with Gasteiger partial charge in [-0.1, -0.05) is 53.9 Å². The maximum absolute atomic E-state index is 11.7. The molecule has 1 atom stereocenters. The van der Waals surface area contributed by atoms with Gasteiger partial charge >= 0.3 is 5.97 Å². The molecule has 0 heterocycles. The van der Waals surface area contributed by atoms with Crippen molar-refractivity contribution in [3.8, 4) is 0 Å². The summed E-state index contributed by atoms with van der Waals surface area (Å²) >= 11 is 22.7. The number of ether oxygens (including phenoxy) is 1. The van der Waals surface area contributed by atoms with Crippen molar-refractivity contribution in [2.24, 2.45) is 0 Å². The number of carbonyl (C=O) groups is 2. The van der Waals surface area contributed by atoms with E-state index < -0.39 is 15.9 Å². The van der Waals surface area contributed by atoms with Gasteiger partial charge in [0.25, 0.3) is 0 Å². The molecule has 1 aromatic carbocycles. The van der Waals surface area contributed by atoms with Gasteiger partial charge in [-0.05, 0) is 24.4 Å².